The van der Waals surface area contributed by atoms with Gasteiger partial charge in [0, 0.05) is 61.8 Å². The Kier molecular flexibility index (Phi) is 13.7. The summed E-state index contributed by atoms with van der Waals surface area (Å²) in [7, 11) is 3.25. The number of carbonyl (C=O) groups excluding carboxylic acids is 2. The molecule has 1 amide bonds. The van der Waals surface area contributed by atoms with Crippen LogP contribution in [-0.2, 0) is 10.2 Å². The van der Waals surface area contributed by atoms with Crippen molar-refractivity contribution in [3.8, 4) is 0 Å². The summed E-state index contributed by atoms with van der Waals surface area (Å²) >= 11 is 0. The Morgan fingerprint density at radius 2 is 1.83 bits per heavy atom. The zero-order chi connectivity index (χ0) is 34.5. The quantitative estimate of drug-likeness (QED) is 0.233. The lowest BCUT2D eigenvalue weighted by molar-refractivity contribution is 0.0659. The summed E-state index contributed by atoms with van der Waals surface area (Å²) in [6.45, 7) is 12.5. The van der Waals surface area contributed by atoms with Gasteiger partial charge in [0.15, 0.2) is 0 Å². The number of likely N-dealkylation sites (tertiary alicyclic amines) is 1. The lowest BCUT2D eigenvalue weighted by Crippen LogP contribution is -2.45. The van der Waals surface area contributed by atoms with Crippen LogP contribution in [0.5, 0.6) is 0 Å². The number of amides is 1. The summed E-state index contributed by atoms with van der Waals surface area (Å²) in [6, 6.07) is 14.6. The molecule has 0 bridgehead atoms. The number of fused-ring (bicyclic) bond motifs is 1. The molecular formula is C41H54N4O3. The first-order valence-electron chi connectivity index (χ1n) is 17.4. The molecule has 2 heterocycles. The van der Waals surface area contributed by atoms with E-state index in [-0.39, 0.29) is 11.3 Å². The van der Waals surface area contributed by atoms with Crippen LogP contribution in [0.2, 0.25) is 0 Å². The summed E-state index contributed by atoms with van der Waals surface area (Å²) in [5.41, 5.74) is 7.20. The summed E-state index contributed by atoms with van der Waals surface area (Å²) in [5.74, 6) is 2.79. The highest BCUT2D eigenvalue weighted by atomic mass is 16.4. The van der Waals surface area contributed by atoms with Gasteiger partial charge in [-0.05, 0) is 112 Å². The molecule has 2 aromatic carbocycles. The predicted octanol–water partition coefficient (Wildman–Crippen LogP) is 7.84. The van der Waals surface area contributed by atoms with Crippen LogP contribution in [0, 0.1) is 25.7 Å². The number of amidine groups is 1. The standard InChI is InChI=1S/C30H36N2O2.C9H12N2.C2H6O/c1-21-18-26(22(2)17-24(21)20-33)29(34)32-15-12-30(13-16-32,25-8-4-3-5-9-25)11-14-31-28-10-6-7-23-19-27(23)28;1-3-4-5-6-9-7-10-8(2)11-9;1-3-2/h3-5,8-9,17-18,20,23,27H,6-7,10-16,19H2,1-2H3;3-6H,1,7H2,2H3,(H,10,11);1-2H3/b;5-4-,9-6+;. The highest BCUT2D eigenvalue weighted by Gasteiger charge is 2.43. The molecule has 2 aliphatic carbocycles. The molecule has 256 valence electrons. The first-order valence-corrected chi connectivity index (χ1v) is 17.4. The molecule has 1 saturated heterocycles. The zero-order valence-electron chi connectivity index (χ0n) is 29.6. The summed E-state index contributed by atoms with van der Waals surface area (Å²) < 4.78 is 4.25. The number of allylic oxidation sites excluding steroid dienone is 4. The molecule has 0 aromatic heterocycles. The van der Waals surface area contributed by atoms with Crippen molar-refractivity contribution in [3.05, 3.63) is 107 Å². The molecule has 2 aromatic rings. The predicted molar refractivity (Wildman–Crippen MR) is 198 cm³/mol. The molecule has 7 nitrogen and oxygen atoms in total. The highest BCUT2D eigenvalue weighted by Crippen LogP contribution is 2.48. The van der Waals surface area contributed by atoms with Crippen LogP contribution in [0.1, 0.15) is 89.3 Å². The van der Waals surface area contributed by atoms with E-state index >= 15 is 0 Å². The highest BCUT2D eigenvalue weighted by molar-refractivity contribution is 5.97. The Morgan fingerprint density at radius 1 is 1.10 bits per heavy atom. The van der Waals surface area contributed by atoms with Gasteiger partial charge in [-0.3, -0.25) is 19.6 Å². The van der Waals surface area contributed by atoms with Crippen LogP contribution in [0.4, 0.5) is 0 Å². The number of nitrogens with zero attached hydrogens (tertiary/aromatic N) is 3. The SMILES string of the molecule is C=C/C=C\C=C1/CN=C(C)N1.COC.Cc1cc(C(=O)N2CCC(CCN=C3CCCC4CC34)(c3ccccc3)CC2)c(C)cc1C=O. The van der Waals surface area contributed by atoms with Gasteiger partial charge >= 0.3 is 0 Å². The summed E-state index contributed by atoms with van der Waals surface area (Å²) in [6.07, 6.45) is 16.7. The average Bonchev–Trinajstić information content (AvgIpc) is 3.79. The number of ether oxygens (including phenoxy) is 1. The van der Waals surface area contributed by atoms with E-state index < -0.39 is 0 Å². The van der Waals surface area contributed by atoms with Crippen LogP contribution >= 0.6 is 0 Å². The number of aryl methyl sites for hydroxylation is 2. The van der Waals surface area contributed by atoms with Crippen LogP contribution in [0.25, 0.3) is 0 Å². The molecule has 0 spiro atoms. The van der Waals surface area contributed by atoms with E-state index in [0.29, 0.717) is 5.56 Å². The third kappa shape index (κ3) is 9.72. The van der Waals surface area contributed by atoms with Gasteiger partial charge in [0.05, 0.1) is 12.4 Å². The monoisotopic (exact) mass is 650 g/mol. The Bertz CT molecular complexity index is 1530. The Morgan fingerprint density at radius 3 is 2.48 bits per heavy atom. The Labute approximate surface area is 288 Å². The fourth-order valence-electron chi connectivity index (χ4n) is 7.15. The topological polar surface area (TPSA) is 83.4 Å². The van der Waals surface area contributed by atoms with Crippen LogP contribution in [0.15, 0.2) is 89.0 Å². The van der Waals surface area contributed by atoms with Gasteiger partial charge in [-0.25, -0.2) is 0 Å². The number of aldehydes is 1. The molecule has 4 aliphatic rings. The largest absolute Gasteiger partial charge is 0.388 e. The second-order valence-electron chi connectivity index (χ2n) is 13.4. The third-order valence-corrected chi connectivity index (χ3v) is 10.0. The first kappa shape index (κ1) is 36.7. The molecule has 1 N–H and O–H groups in total. The lowest BCUT2D eigenvalue weighted by atomic mass is 9.70. The molecule has 6 rings (SSSR count). The van der Waals surface area contributed by atoms with Gasteiger partial charge in [0.2, 0.25) is 0 Å². The van der Waals surface area contributed by atoms with Crippen molar-refractivity contribution < 1.29 is 14.3 Å². The number of carbonyl (C=O) groups is 2. The number of nitrogens with one attached hydrogen (secondary N) is 1. The maximum atomic E-state index is 13.4. The van der Waals surface area contributed by atoms with E-state index in [0.717, 1.165) is 91.8 Å². The number of hydrogen-bond acceptors (Lipinski definition) is 6. The zero-order valence-corrected chi connectivity index (χ0v) is 29.6. The molecule has 0 radical (unpaired) electrons. The minimum atomic E-state index is 0.0755. The Hall–Kier alpha value is -4.10. The van der Waals surface area contributed by atoms with Gasteiger partial charge in [-0.1, -0.05) is 55.1 Å². The number of hydrogen-bond donors (Lipinski definition) is 1. The fraction of sp³-hybridized carbons (Fsp3) is 0.463. The van der Waals surface area contributed by atoms with Gasteiger partial charge < -0.3 is 15.0 Å². The molecule has 2 atom stereocenters. The smallest absolute Gasteiger partial charge is 0.254 e. The molecule has 2 saturated carbocycles. The van der Waals surface area contributed by atoms with Gasteiger partial charge in [-0.15, -0.1) is 0 Å². The van der Waals surface area contributed by atoms with Gasteiger partial charge in [0.25, 0.3) is 5.91 Å². The van der Waals surface area contributed by atoms with Crippen LogP contribution < -0.4 is 5.32 Å². The summed E-state index contributed by atoms with van der Waals surface area (Å²) in [5, 5.41) is 3.14. The second-order valence-corrected chi connectivity index (χ2v) is 13.4. The van der Waals surface area contributed by atoms with Crippen LogP contribution in [0.3, 0.4) is 0 Å². The van der Waals surface area contributed by atoms with Crippen molar-refractivity contribution in [2.24, 2.45) is 21.8 Å². The van der Waals surface area contributed by atoms with E-state index in [1.165, 1.54) is 37.0 Å². The number of benzene rings is 2. The Balaban J connectivity index is 0.000000312. The molecule has 48 heavy (non-hydrogen) atoms. The van der Waals surface area contributed by atoms with E-state index in [4.69, 9.17) is 4.99 Å². The van der Waals surface area contributed by atoms with E-state index in [1.54, 1.807) is 20.3 Å². The number of piperidine rings is 1. The molecule has 7 heteroatoms. The number of methoxy groups -OCH3 is 1. The van der Waals surface area contributed by atoms with Gasteiger partial charge in [0.1, 0.15) is 6.29 Å². The summed E-state index contributed by atoms with van der Waals surface area (Å²) in [4.78, 5) is 36.0. The second kappa shape index (κ2) is 17.9. The van der Waals surface area contributed by atoms with Crippen molar-refractivity contribution in [3.63, 3.8) is 0 Å². The van der Waals surface area contributed by atoms with Crippen molar-refractivity contribution in [1.82, 2.24) is 10.2 Å². The van der Waals surface area contributed by atoms with Gasteiger partial charge in [-0.2, -0.15) is 0 Å². The minimum Gasteiger partial charge on any atom is -0.388 e. The van der Waals surface area contributed by atoms with Crippen molar-refractivity contribution >= 4 is 23.7 Å². The van der Waals surface area contributed by atoms with Crippen molar-refractivity contribution in [2.75, 3.05) is 40.4 Å². The number of rotatable bonds is 8. The molecule has 2 aliphatic heterocycles. The first-order chi connectivity index (χ1) is 23.2. The van der Waals surface area contributed by atoms with E-state index in [9.17, 15) is 9.59 Å². The fourth-order valence-corrected chi connectivity index (χ4v) is 7.15. The van der Waals surface area contributed by atoms with Crippen molar-refractivity contribution in [1.29, 1.82) is 0 Å². The van der Waals surface area contributed by atoms with E-state index in [2.05, 4.69) is 52.0 Å². The van der Waals surface area contributed by atoms with E-state index in [1.807, 2.05) is 56.0 Å². The van der Waals surface area contributed by atoms with Crippen molar-refractivity contribution in [2.45, 2.75) is 71.1 Å². The molecule has 2 unspecified atom stereocenters. The maximum absolute atomic E-state index is 13.4. The number of aliphatic imine (C=N–C) groups is 2. The average molecular weight is 651 g/mol. The minimum absolute atomic E-state index is 0.0755. The molecule has 3 fully saturated rings. The molecular weight excluding hydrogens is 596 g/mol. The van der Waals surface area contributed by atoms with Crippen LogP contribution in [-0.4, -0.2) is 69.0 Å². The maximum Gasteiger partial charge on any atom is 0.254 e. The normalized spacial score (nSPS) is 22.4. The third-order valence-electron chi connectivity index (χ3n) is 10.0. The lowest BCUT2D eigenvalue weighted by Gasteiger charge is -2.42.